The molecule has 52 valence electrons. The van der Waals surface area contributed by atoms with Crippen molar-refractivity contribution in [1.29, 1.82) is 0 Å². The predicted molar refractivity (Wildman–Crippen MR) is 34.8 cm³/mol. The number of carbonyl (C=O) groups excluding carboxylic acids is 1. The van der Waals surface area contributed by atoms with Crippen LogP contribution in [0.4, 0.5) is 0 Å². The Bertz CT molecular complexity index is 120. The van der Waals surface area contributed by atoms with Crippen molar-refractivity contribution in [3.8, 4) is 0 Å². The molecule has 0 unspecified atom stereocenters. The minimum absolute atomic E-state index is 0.0631. The lowest BCUT2D eigenvalue weighted by atomic mass is 10.4. The number of ether oxygens (including phenoxy) is 1. The van der Waals surface area contributed by atoms with Crippen molar-refractivity contribution in [3.05, 3.63) is 12.5 Å². The minimum atomic E-state index is 0.0631. The first-order valence-corrected chi connectivity index (χ1v) is 2.63. The van der Waals surface area contributed by atoms with E-state index in [2.05, 4.69) is 16.6 Å². The average Bonchev–Trinajstić information content (AvgIpc) is 1.83. The monoisotopic (exact) mass is 129 g/mol. The molecule has 0 fully saturated rings. The van der Waals surface area contributed by atoms with Gasteiger partial charge in [-0.15, -0.1) is 0 Å². The van der Waals surface area contributed by atoms with Gasteiger partial charge in [-0.05, 0) is 13.5 Å². The second-order valence-electron chi connectivity index (χ2n) is 1.68. The highest BCUT2D eigenvalue weighted by Crippen LogP contribution is 1.80. The highest BCUT2D eigenvalue weighted by Gasteiger charge is 1.91. The molecule has 1 N–H and O–H groups in total. The fraction of sp³-hybridized carbons (Fsp3) is 0.500. The number of ketones is 1. The zero-order chi connectivity index (χ0) is 7.28. The van der Waals surface area contributed by atoms with Gasteiger partial charge in [0.2, 0.25) is 0 Å². The van der Waals surface area contributed by atoms with E-state index in [4.69, 9.17) is 0 Å². The molecule has 0 aromatic rings. The lowest BCUT2D eigenvalue weighted by Crippen LogP contribution is -2.20. The van der Waals surface area contributed by atoms with Crippen LogP contribution in [0.5, 0.6) is 0 Å². The maximum Gasteiger partial charge on any atom is 0.179 e. The minimum Gasteiger partial charge on any atom is -0.483 e. The van der Waals surface area contributed by atoms with Gasteiger partial charge in [0.1, 0.15) is 5.78 Å². The summed E-state index contributed by atoms with van der Waals surface area (Å²) in [6.45, 7) is 5.24. The van der Waals surface area contributed by atoms with Gasteiger partial charge in [0.25, 0.3) is 0 Å². The van der Waals surface area contributed by atoms with E-state index in [0.717, 1.165) is 0 Å². The Balaban J connectivity index is 3.28. The van der Waals surface area contributed by atoms with Gasteiger partial charge in [0, 0.05) is 0 Å². The zero-order valence-corrected chi connectivity index (χ0v) is 5.73. The fourth-order valence-electron chi connectivity index (χ4n) is 0.295. The molecular formula is C6H11NO2. The van der Waals surface area contributed by atoms with Crippen LogP contribution in [0.25, 0.3) is 0 Å². The van der Waals surface area contributed by atoms with E-state index >= 15 is 0 Å². The van der Waals surface area contributed by atoms with Crippen molar-refractivity contribution >= 4 is 5.78 Å². The molecule has 0 spiro atoms. The van der Waals surface area contributed by atoms with Crippen LogP contribution in [0.1, 0.15) is 6.92 Å². The number of Topliss-reactive ketones (excluding diaryl/α,β-unsaturated/α-hetero) is 1. The van der Waals surface area contributed by atoms with E-state index in [-0.39, 0.29) is 12.3 Å². The molecule has 0 atom stereocenters. The first kappa shape index (κ1) is 8.01. The summed E-state index contributed by atoms with van der Waals surface area (Å²) in [6, 6.07) is 0. The van der Waals surface area contributed by atoms with Crippen LogP contribution < -0.4 is 5.32 Å². The van der Waals surface area contributed by atoms with Gasteiger partial charge in [0.15, 0.2) is 5.88 Å². The molecule has 0 aromatic carbocycles. The van der Waals surface area contributed by atoms with Crippen LogP contribution in [-0.4, -0.2) is 19.4 Å². The van der Waals surface area contributed by atoms with Crippen molar-refractivity contribution in [3.63, 3.8) is 0 Å². The second kappa shape index (κ2) is 3.95. The Hall–Kier alpha value is -0.990. The highest BCUT2D eigenvalue weighted by molar-refractivity contribution is 5.77. The highest BCUT2D eigenvalue weighted by atomic mass is 16.5. The van der Waals surface area contributed by atoms with Crippen molar-refractivity contribution in [2.75, 3.05) is 13.7 Å². The molecule has 0 bridgehead atoms. The summed E-state index contributed by atoms with van der Waals surface area (Å²) in [7, 11) is 1.50. The van der Waals surface area contributed by atoms with Crippen LogP contribution in [-0.2, 0) is 9.53 Å². The standard InChI is InChI=1S/C6H11NO2/c1-5(8)4-7-6(2)9-3/h7H,2,4H2,1,3H3. The van der Waals surface area contributed by atoms with Crippen molar-refractivity contribution in [2.45, 2.75) is 6.92 Å². The van der Waals surface area contributed by atoms with E-state index in [1.807, 2.05) is 0 Å². The summed E-state index contributed by atoms with van der Waals surface area (Å²) in [6.07, 6.45) is 0. The maximum absolute atomic E-state index is 10.3. The molecule has 0 aliphatic carbocycles. The normalized spacial score (nSPS) is 8.22. The average molecular weight is 129 g/mol. The molecule has 0 saturated carbocycles. The molecule has 0 heterocycles. The molecule has 0 rings (SSSR count). The van der Waals surface area contributed by atoms with Crippen molar-refractivity contribution in [2.24, 2.45) is 0 Å². The Morgan fingerprint density at radius 3 is 2.67 bits per heavy atom. The third kappa shape index (κ3) is 4.87. The summed E-state index contributed by atoms with van der Waals surface area (Å²) in [5.41, 5.74) is 0. The molecule has 0 amide bonds. The van der Waals surface area contributed by atoms with Gasteiger partial charge in [-0.1, -0.05) is 0 Å². The van der Waals surface area contributed by atoms with Gasteiger partial charge in [0.05, 0.1) is 13.7 Å². The topological polar surface area (TPSA) is 38.3 Å². The molecule has 0 radical (unpaired) electrons. The summed E-state index contributed by atoms with van der Waals surface area (Å²) >= 11 is 0. The number of carbonyl (C=O) groups is 1. The van der Waals surface area contributed by atoms with E-state index in [1.165, 1.54) is 14.0 Å². The maximum atomic E-state index is 10.3. The molecule has 0 saturated heterocycles. The molecule has 3 heteroatoms. The Kier molecular flexibility index (Phi) is 3.51. The molecule has 3 nitrogen and oxygen atoms in total. The Morgan fingerprint density at radius 2 is 2.33 bits per heavy atom. The first-order chi connectivity index (χ1) is 4.16. The van der Waals surface area contributed by atoms with Crippen LogP contribution in [0.15, 0.2) is 12.5 Å². The molecular weight excluding hydrogens is 118 g/mol. The van der Waals surface area contributed by atoms with Crippen LogP contribution in [0, 0.1) is 0 Å². The smallest absolute Gasteiger partial charge is 0.179 e. The van der Waals surface area contributed by atoms with E-state index in [9.17, 15) is 4.79 Å². The van der Waals surface area contributed by atoms with Gasteiger partial charge in [-0.2, -0.15) is 0 Å². The van der Waals surface area contributed by atoms with Crippen molar-refractivity contribution < 1.29 is 9.53 Å². The van der Waals surface area contributed by atoms with E-state index in [0.29, 0.717) is 5.88 Å². The van der Waals surface area contributed by atoms with E-state index < -0.39 is 0 Å². The van der Waals surface area contributed by atoms with Gasteiger partial charge < -0.3 is 10.1 Å². The Morgan fingerprint density at radius 1 is 1.78 bits per heavy atom. The third-order valence-corrected chi connectivity index (χ3v) is 0.781. The molecule has 0 aliphatic rings. The zero-order valence-electron chi connectivity index (χ0n) is 5.73. The lowest BCUT2D eigenvalue weighted by Gasteiger charge is -2.03. The molecule has 0 aromatic heterocycles. The number of methoxy groups -OCH3 is 1. The van der Waals surface area contributed by atoms with Gasteiger partial charge in [-0.25, -0.2) is 0 Å². The van der Waals surface area contributed by atoms with Crippen LogP contribution in [0.2, 0.25) is 0 Å². The number of rotatable bonds is 4. The van der Waals surface area contributed by atoms with Crippen LogP contribution in [0.3, 0.4) is 0 Å². The summed E-state index contributed by atoms with van der Waals surface area (Å²) in [5.74, 6) is 0.485. The summed E-state index contributed by atoms with van der Waals surface area (Å²) < 4.78 is 4.64. The Labute approximate surface area is 54.7 Å². The summed E-state index contributed by atoms with van der Waals surface area (Å²) in [5, 5.41) is 2.67. The number of nitrogens with one attached hydrogen (secondary N) is 1. The van der Waals surface area contributed by atoms with Gasteiger partial charge >= 0.3 is 0 Å². The largest absolute Gasteiger partial charge is 0.483 e. The lowest BCUT2D eigenvalue weighted by molar-refractivity contribution is -0.116. The third-order valence-electron chi connectivity index (χ3n) is 0.781. The van der Waals surface area contributed by atoms with E-state index in [1.54, 1.807) is 0 Å². The molecule has 0 aliphatic heterocycles. The summed E-state index contributed by atoms with van der Waals surface area (Å²) in [4.78, 5) is 10.3. The van der Waals surface area contributed by atoms with Crippen molar-refractivity contribution in [1.82, 2.24) is 5.32 Å². The fourth-order valence-corrected chi connectivity index (χ4v) is 0.295. The SMILES string of the molecule is C=C(NCC(C)=O)OC. The van der Waals surface area contributed by atoms with Crippen LogP contribution >= 0.6 is 0 Å². The number of hydrogen-bond acceptors (Lipinski definition) is 3. The first-order valence-electron chi connectivity index (χ1n) is 2.63. The second-order valence-corrected chi connectivity index (χ2v) is 1.68. The predicted octanol–water partition coefficient (Wildman–Crippen LogP) is 0.283. The quantitative estimate of drug-likeness (QED) is 0.554. The molecule has 9 heavy (non-hydrogen) atoms. The number of hydrogen-bond donors (Lipinski definition) is 1. The van der Waals surface area contributed by atoms with Gasteiger partial charge in [-0.3, -0.25) is 4.79 Å².